The largest absolute Gasteiger partial charge is 0.355 e. The summed E-state index contributed by atoms with van der Waals surface area (Å²) in [6.07, 6.45) is 3.16. The molecule has 0 aromatic carbocycles. The Kier molecular flexibility index (Phi) is 5.12. The first-order chi connectivity index (χ1) is 7.43. The van der Waals surface area contributed by atoms with Crippen molar-refractivity contribution < 1.29 is 4.79 Å². The molecule has 0 aromatic heterocycles. The summed E-state index contributed by atoms with van der Waals surface area (Å²) < 4.78 is 0. The fourth-order valence-corrected chi connectivity index (χ4v) is 2.41. The molecule has 94 valence electrons. The molecule has 3 nitrogen and oxygen atoms in total. The van der Waals surface area contributed by atoms with E-state index in [1.54, 1.807) is 11.8 Å². The lowest BCUT2D eigenvalue weighted by Crippen LogP contribution is -2.40. The van der Waals surface area contributed by atoms with Crippen LogP contribution in [0.15, 0.2) is 0 Å². The molecular weight excluding hydrogens is 220 g/mol. The maximum absolute atomic E-state index is 11.3. The first-order valence-electron chi connectivity index (χ1n) is 5.94. The Bertz CT molecular complexity index is 238. The van der Waals surface area contributed by atoms with Crippen LogP contribution in [0.1, 0.15) is 27.2 Å². The average molecular weight is 244 g/mol. The molecule has 0 saturated carbocycles. The highest BCUT2D eigenvalue weighted by atomic mass is 32.2. The normalized spacial score (nSPS) is 22.4. The summed E-state index contributed by atoms with van der Waals surface area (Å²) in [5.41, 5.74) is 0.262. The molecule has 4 heteroatoms. The number of nitrogens with one attached hydrogen (secondary N) is 1. The predicted octanol–water partition coefficient (Wildman–Crippen LogP) is 1.59. The standard InChI is InChI=1S/C12H24N2OS/c1-12(2,3)14-6-5-10(8-14)7-13-11(15)9-16-4/h10H,5-9H2,1-4H3,(H,13,15)/t10-/m1/s1. The van der Waals surface area contributed by atoms with Crippen molar-refractivity contribution >= 4 is 17.7 Å². The second-order valence-electron chi connectivity index (χ2n) is 5.51. The molecule has 1 fully saturated rings. The molecule has 0 aromatic rings. The van der Waals surface area contributed by atoms with Gasteiger partial charge < -0.3 is 5.32 Å². The topological polar surface area (TPSA) is 32.3 Å². The van der Waals surface area contributed by atoms with Crippen LogP contribution in [0.5, 0.6) is 0 Å². The zero-order valence-corrected chi connectivity index (χ0v) is 11.7. The molecule has 1 heterocycles. The van der Waals surface area contributed by atoms with E-state index in [1.807, 2.05) is 6.26 Å². The fraction of sp³-hybridized carbons (Fsp3) is 0.917. The van der Waals surface area contributed by atoms with Gasteiger partial charge in [0, 0.05) is 18.6 Å². The number of rotatable bonds is 4. The van der Waals surface area contributed by atoms with E-state index in [4.69, 9.17) is 0 Å². The van der Waals surface area contributed by atoms with E-state index in [-0.39, 0.29) is 11.4 Å². The van der Waals surface area contributed by atoms with Crippen molar-refractivity contribution in [1.82, 2.24) is 10.2 Å². The minimum Gasteiger partial charge on any atom is -0.355 e. The van der Waals surface area contributed by atoms with E-state index in [1.165, 1.54) is 6.42 Å². The van der Waals surface area contributed by atoms with Crippen molar-refractivity contribution in [3.05, 3.63) is 0 Å². The van der Waals surface area contributed by atoms with Gasteiger partial charge in [0.05, 0.1) is 5.75 Å². The zero-order valence-electron chi connectivity index (χ0n) is 10.9. The van der Waals surface area contributed by atoms with Crippen LogP contribution in [0.4, 0.5) is 0 Å². The van der Waals surface area contributed by atoms with Gasteiger partial charge in [0.15, 0.2) is 0 Å². The SMILES string of the molecule is CSCC(=O)NC[C@H]1CCN(C(C)(C)C)C1. The summed E-state index contributed by atoms with van der Waals surface area (Å²) in [5, 5.41) is 3.01. The second kappa shape index (κ2) is 5.92. The summed E-state index contributed by atoms with van der Waals surface area (Å²) in [4.78, 5) is 13.8. The highest BCUT2D eigenvalue weighted by Crippen LogP contribution is 2.23. The Hall–Kier alpha value is -0.220. The molecule has 1 aliphatic rings. The molecule has 0 bridgehead atoms. The van der Waals surface area contributed by atoms with Crippen LogP contribution < -0.4 is 5.32 Å². The van der Waals surface area contributed by atoms with Crippen LogP contribution in [0.25, 0.3) is 0 Å². The van der Waals surface area contributed by atoms with Gasteiger partial charge in [-0.15, -0.1) is 0 Å². The molecule has 1 saturated heterocycles. The molecule has 0 aliphatic carbocycles. The molecule has 1 aliphatic heterocycles. The lowest BCUT2D eigenvalue weighted by molar-refractivity contribution is -0.118. The van der Waals surface area contributed by atoms with Crippen LogP contribution >= 0.6 is 11.8 Å². The van der Waals surface area contributed by atoms with E-state index in [9.17, 15) is 4.79 Å². The highest BCUT2D eigenvalue weighted by Gasteiger charge is 2.29. The lowest BCUT2D eigenvalue weighted by Gasteiger charge is -2.31. The Balaban J connectivity index is 2.24. The number of carbonyl (C=O) groups is 1. The molecular formula is C12H24N2OS. The van der Waals surface area contributed by atoms with E-state index >= 15 is 0 Å². The molecule has 1 rings (SSSR count). The third-order valence-electron chi connectivity index (χ3n) is 3.10. The van der Waals surface area contributed by atoms with Gasteiger partial charge in [0.2, 0.25) is 5.91 Å². The smallest absolute Gasteiger partial charge is 0.229 e. The Morgan fingerprint density at radius 2 is 2.19 bits per heavy atom. The lowest BCUT2D eigenvalue weighted by atomic mass is 10.1. The summed E-state index contributed by atoms with van der Waals surface area (Å²) in [5.74, 6) is 1.38. The number of thioether (sulfide) groups is 1. The number of hydrogen-bond donors (Lipinski definition) is 1. The molecule has 1 atom stereocenters. The van der Waals surface area contributed by atoms with Gasteiger partial charge in [0.1, 0.15) is 0 Å². The molecule has 0 unspecified atom stereocenters. The van der Waals surface area contributed by atoms with Gasteiger partial charge in [-0.2, -0.15) is 11.8 Å². The van der Waals surface area contributed by atoms with E-state index in [2.05, 4.69) is 31.0 Å². The van der Waals surface area contributed by atoms with Gasteiger partial charge in [-0.1, -0.05) is 0 Å². The summed E-state index contributed by atoms with van der Waals surface area (Å²) in [6.45, 7) is 9.87. The number of amides is 1. The van der Waals surface area contributed by atoms with Crippen molar-refractivity contribution in [2.24, 2.45) is 5.92 Å². The van der Waals surface area contributed by atoms with Crippen LogP contribution in [0.3, 0.4) is 0 Å². The van der Waals surface area contributed by atoms with Gasteiger partial charge in [-0.05, 0) is 45.9 Å². The Morgan fingerprint density at radius 1 is 1.50 bits per heavy atom. The third kappa shape index (κ3) is 4.34. The molecule has 1 amide bonds. The first kappa shape index (κ1) is 13.8. The summed E-state index contributed by atoms with van der Waals surface area (Å²) in [7, 11) is 0. The summed E-state index contributed by atoms with van der Waals surface area (Å²) >= 11 is 1.57. The van der Waals surface area contributed by atoms with Crippen molar-refractivity contribution in [3.8, 4) is 0 Å². The molecule has 0 radical (unpaired) electrons. The number of hydrogen-bond acceptors (Lipinski definition) is 3. The van der Waals surface area contributed by atoms with Crippen LogP contribution in [0.2, 0.25) is 0 Å². The minimum atomic E-state index is 0.168. The Morgan fingerprint density at radius 3 is 2.69 bits per heavy atom. The third-order valence-corrected chi connectivity index (χ3v) is 3.65. The van der Waals surface area contributed by atoms with Crippen molar-refractivity contribution in [3.63, 3.8) is 0 Å². The average Bonchev–Trinajstić information content (AvgIpc) is 2.63. The maximum Gasteiger partial charge on any atom is 0.229 e. The van der Waals surface area contributed by atoms with Crippen LogP contribution in [-0.4, -0.2) is 48.0 Å². The predicted molar refractivity (Wildman–Crippen MR) is 70.8 cm³/mol. The van der Waals surface area contributed by atoms with Gasteiger partial charge in [-0.3, -0.25) is 9.69 Å². The van der Waals surface area contributed by atoms with Gasteiger partial charge in [0.25, 0.3) is 0 Å². The number of carbonyl (C=O) groups excluding carboxylic acids is 1. The van der Waals surface area contributed by atoms with E-state index in [0.717, 1.165) is 19.6 Å². The monoisotopic (exact) mass is 244 g/mol. The maximum atomic E-state index is 11.3. The highest BCUT2D eigenvalue weighted by molar-refractivity contribution is 7.99. The Labute approximate surface area is 103 Å². The molecule has 0 spiro atoms. The number of likely N-dealkylation sites (tertiary alicyclic amines) is 1. The second-order valence-corrected chi connectivity index (χ2v) is 6.37. The van der Waals surface area contributed by atoms with Crippen molar-refractivity contribution in [2.45, 2.75) is 32.7 Å². The van der Waals surface area contributed by atoms with E-state index in [0.29, 0.717) is 11.7 Å². The molecule has 16 heavy (non-hydrogen) atoms. The minimum absolute atomic E-state index is 0.168. The molecule has 1 N–H and O–H groups in total. The first-order valence-corrected chi connectivity index (χ1v) is 7.33. The van der Waals surface area contributed by atoms with Gasteiger partial charge in [-0.25, -0.2) is 0 Å². The van der Waals surface area contributed by atoms with Crippen LogP contribution in [0, 0.1) is 5.92 Å². The summed E-state index contributed by atoms with van der Waals surface area (Å²) in [6, 6.07) is 0. The van der Waals surface area contributed by atoms with Gasteiger partial charge >= 0.3 is 0 Å². The quantitative estimate of drug-likeness (QED) is 0.815. The number of nitrogens with zero attached hydrogens (tertiary/aromatic N) is 1. The van der Waals surface area contributed by atoms with E-state index < -0.39 is 0 Å². The fourth-order valence-electron chi connectivity index (χ4n) is 2.05. The van der Waals surface area contributed by atoms with Crippen LogP contribution in [-0.2, 0) is 4.79 Å². The zero-order chi connectivity index (χ0) is 12.2. The van der Waals surface area contributed by atoms with Crippen molar-refractivity contribution in [1.29, 1.82) is 0 Å². The van der Waals surface area contributed by atoms with Crippen molar-refractivity contribution in [2.75, 3.05) is 31.6 Å².